The van der Waals surface area contributed by atoms with Gasteiger partial charge in [-0.1, -0.05) is 23.2 Å². The fourth-order valence-corrected chi connectivity index (χ4v) is 3.41. The molecule has 1 fully saturated rings. The lowest BCUT2D eigenvalue weighted by Gasteiger charge is -2.12. The van der Waals surface area contributed by atoms with Crippen molar-refractivity contribution in [2.75, 3.05) is 13.2 Å². The Hall–Kier alpha value is -1.08. The third-order valence-corrected chi connectivity index (χ3v) is 4.79. The lowest BCUT2D eigenvalue weighted by Crippen LogP contribution is -2.17. The summed E-state index contributed by atoms with van der Waals surface area (Å²) in [6.07, 6.45) is 4.00. The second kappa shape index (κ2) is 8.34. The van der Waals surface area contributed by atoms with Crippen molar-refractivity contribution in [3.05, 3.63) is 38.8 Å². The molecule has 24 heavy (non-hydrogen) atoms. The van der Waals surface area contributed by atoms with E-state index in [-0.39, 0.29) is 6.10 Å². The summed E-state index contributed by atoms with van der Waals surface area (Å²) in [5.41, 5.74) is 0. The van der Waals surface area contributed by atoms with Crippen LogP contribution < -0.4 is 4.74 Å². The molecule has 0 bridgehead atoms. The first kappa shape index (κ1) is 17.7. The second-order valence-corrected chi connectivity index (χ2v) is 6.95. The van der Waals surface area contributed by atoms with Gasteiger partial charge in [0.05, 0.1) is 24.3 Å². The Bertz CT molecular complexity index is 741. The molecule has 1 aromatic heterocycles. The molecule has 0 aliphatic carbocycles. The van der Waals surface area contributed by atoms with Gasteiger partial charge in [0.2, 0.25) is 0 Å². The Morgan fingerprint density at radius 2 is 2.29 bits per heavy atom. The molecule has 1 aliphatic rings. The maximum absolute atomic E-state index is 6.09. The van der Waals surface area contributed by atoms with Crippen LogP contribution in [-0.4, -0.2) is 34.1 Å². The van der Waals surface area contributed by atoms with Crippen molar-refractivity contribution in [1.82, 2.24) is 14.8 Å². The molecule has 1 aromatic carbocycles. The number of H-pyrrole nitrogens is 1. The average molecular weight is 388 g/mol. The highest BCUT2D eigenvalue weighted by molar-refractivity contribution is 7.71. The maximum atomic E-state index is 6.09. The van der Waals surface area contributed by atoms with Gasteiger partial charge >= 0.3 is 0 Å². The summed E-state index contributed by atoms with van der Waals surface area (Å²) in [6, 6.07) is 5.21. The molecular formula is C16H19Cl2N3O2S. The summed E-state index contributed by atoms with van der Waals surface area (Å²) in [5, 5.41) is 8.30. The Morgan fingerprint density at radius 3 is 3.04 bits per heavy atom. The zero-order valence-corrected chi connectivity index (χ0v) is 15.5. The standard InChI is InChI=1S/C16H19Cl2N3O2S/c17-11-5-6-14(13(18)9-11)23-8-2-4-15-19-20-16(24)21(15)10-12-3-1-7-22-12/h5-6,9,12H,1-4,7-8,10H2,(H,20,24)/t12-/m0/s1. The SMILES string of the molecule is S=c1[nH]nc(CCCOc2ccc(Cl)cc2Cl)n1C[C@@H]1CCCO1. The molecule has 0 spiro atoms. The molecule has 0 unspecified atom stereocenters. The number of hydrogen-bond acceptors (Lipinski definition) is 4. The number of nitrogens with zero attached hydrogens (tertiary/aromatic N) is 2. The fraction of sp³-hybridized carbons (Fsp3) is 0.500. The number of ether oxygens (including phenoxy) is 2. The molecule has 1 atom stereocenters. The van der Waals surface area contributed by atoms with Gasteiger partial charge in [-0.05, 0) is 49.7 Å². The molecule has 5 nitrogen and oxygen atoms in total. The quantitative estimate of drug-likeness (QED) is 0.563. The summed E-state index contributed by atoms with van der Waals surface area (Å²) in [6.45, 7) is 2.14. The van der Waals surface area contributed by atoms with Gasteiger partial charge in [0.25, 0.3) is 0 Å². The van der Waals surface area contributed by atoms with Crippen LogP contribution >= 0.6 is 35.4 Å². The summed E-state index contributed by atoms with van der Waals surface area (Å²) in [7, 11) is 0. The van der Waals surface area contributed by atoms with Crippen LogP contribution in [0.2, 0.25) is 10.0 Å². The number of benzene rings is 1. The van der Waals surface area contributed by atoms with E-state index in [9.17, 15) is 0 Å². The molecule has 1 aliphatic heterocycles. The van der Waals surface area contributed by atoms with E-state index in [2.05, 4.69) is 10.2 Å². The van der Waals surface area contributed by atoms with Crippen LogP contribution in [0.1, 0.15) is 25.1 Å². The monoisotopic (exact) mass is 387 g/mol. The van der Waals surface area contributed by atoms with E-state index in [0.29, 0.717) is 27.2 Å². The molecule has 2 aromatic rings. The molecule has 0 saturated carbocycles. The highest BCUT2D eigenvalue weighted by atomic mass is 35.5. The molecule has 130 valence electrons. The Labute approximate surface area is 155 Å². The van der Waals surface area contributed by atoms with Crippen LogP contribution in [0.3, 0.4) is 0 Å². The first-order chi connectivity index (χ1) is 11.6. The first-order valence-corrected chi connectivity index (χ1v) is 9.13. The van der Waals surface area contributed by atoms with Gasteiger partial charge in [0.1, 0.15) is 11.6 Å². The van der Waals surface area contributed by atoms with E-state index in [4.69, 9.17) is 44.9 Å². The van der Waals surface area contributed by atoms with E-state index >= 15 is 0 Å². The zero-order valence-electron chi connectivity index (χ0n) is 13.1. The second-order valence-electron chi connectivity index (χ2n) is 5.72. The maximum Gasteiger partial charge on any atom is 0.195 e. The lowest BCUT2D eigenvalue weighted by molar-refractivity contribution is 0.0958. The molecule has 1 saturated heterocycles. The van der Waals surface area contributed by atoms with Crippen molar-refractivity contribution in [3.63, 3.8) is 0 Å². The van der Waals surface area contributed by atoms with E-state index in [1.165, 1.54) is 0 Å². The first-order valence-electron chi connectivity index (χ1n) is 7.97. The Balaban J connectivity index is 1.52. The van der Waals surface area contributed by atoms with Gasteiger partial charge in [0, 0.05) is 18.1 Å². The van der Waals surface area contributed by atoms with E-state index in [1.54, 1.807) is 18.2 Å². The summed E-state index contributed by atoms with van der Waals surface area (Å²) in [5.74, 6) is 1.57. The molecule has 1 N–H and O–H groups in total. The van der Waals surface area contributed by atoms with Crippen molar-refractivity contribution in [3.8, 4) is 5.75 Å². The van der Waals surface area contributed by atoms with E-state index in [1.807, 2.05) is 4.57 Å². The molecule has 8 heteroatoms. The number of rotatable bonds is 7. The van der Waals surface area contributed by atoms with Gasteiger partial charge in [-0.3, -0.25) is 5.10 Å². The van der Waals surface area contributed by atoms with Gasteiger partial charge < -0.3 is 14.0 Å². The predicted molar refractivity (Wildman–Crippen MR) is 96.7 cm³/mol. The van der Waals surface area contributed by atoms with Crippen LogP contribution in [0, 0.1) is 4.77 Å². The number of aromatic nitrogens is 3. The van der Waals surface area contributed by atoms with Crippen molar-refractivity contribution >= 4 is 35.4 Å². The molecule has 3 rings (SSSR count). The average Bonchev–Trinajstić information content (AvgIpc) is 3.18. The fourth-order valence-electron chi connectivity index (χ4n) is 2.73. The van der Waals surface area contributed by atoms with Crippen molar-refractivity contribution in [1.29, 1.82) is 0 Å². The minimum Gasteiger partial charge on any atom is -0.492 e. The molecule has 0 amide bonds. The minimum atomic E-state index is 0.233. The Kier molecular flexibility index (Phi) is 6.16. The normalized spacial score (nSPS) is 17.3. The Morgan fingerprint density at radius 1 is 1.42 bits per heavy atom. The number of aryl methyl sites for hydroxylation is 1. The number of aromatic amines is 1. The molecule has 0 radical (unpaired) electrons. The summed E-state index contributed by atoms with van der Waals surface area (Å²) >= 11 is 17.3. The number of nitrogens with one attached hydrogen (secondary N) is 1. The highest BCUT2D eigenvalue weighted by Gasteiger charge is 2.18. The van der Waals surface area contributed by atoms with Crippen LogP contribution in [-0.2, 0) is 17.7 Å². The van der Waals surface area contributed by atoms with Crippen molar-refractivity contribution < 1.29 is 9.47 Å². The summed E-state index contributed by atoms with van der Waals surface area (Å²) < 4.78 is 14.1. The van der Waals surface area contributed by atoms with E-state index in [0.717, 1.165) is 44.7 Å². The van der Waals surface area contributed by atoms with Gasteiger partial charge in [-0.15, -0.1) is 0 Å². The minimum absolute atomic E-state index is 0.233. The molecule has 2 heterocycles. The van der Waals surface area contributed by atoms with Crippen molar-refractivity contribution in [2.45, 2.75) is 38.3 Å². The predicted octanol–water partition coefficient (Wildman–Crippen LogP) is 4.44. The largest absolute Gasteiger partial charge is 0.492 e. The third kappa shape index (κ3) is 4.51. The van der Waals surface area contributed by atoms with Crippen LogP contribution in [0.15, 0.2) is 18.2 Å². The third-order valence-electron chi connectivity index (χ3n) is 3.94. The van der Waals surface area contributed by atoms with E-state index < -0.39 is 0 Å². The van der Waals surface area contributed by atoms with Crippen molar-refractivity contribution in [2.24, 2.45) is 0 Å². The van der Waals surface area contributed by atoms with Gasteiger partial charge in [-0.2, -0.15) is 5.10 Å². The van der Waals surface area contributed by atoms with Gasteiger partial charge in [0.15, 0.2) is 4.77 Å². The lowest BCUT2D eigenvalue weighted by atomic mass is 10.2. The van der Waals surface area contributed by atoms with Crippen LogP contribution in [0.4, 0.5) is 0 Å². The van der Waals surface area contributed by atoms with Gasteiger partial charge in [-0.25, -0.2) is 0 Å². The van der Waals surface area contributed by atoms with Crippen LogP contribution in [0.25, 0.3) is 0 Å². The number of halogens is 2. The zero-order chi connectivity index (χ0) is 16.9. The molecular weight excluding hydrogens is 369 g/mol. The van der Waals surface area contributed by atoms with Crippen LogP contribution in [0.5, 0.6) is 5.75 Å². The smallest absolute Gasteiger partial charge is 0.195 e. The number of hydrogen-bond donors (Lipinski definition) is 1. The highest BCUT2D eigenvalue weighted by Crippen LogP contribution is 2.27. The summed E-state index contributed by atoms with van der Waals surface area (Å²) in [4.78, 5) is 0. The topological polar surface area (TPSA) is 52.1 Å².